The van der Waals surface area contributed by atoms with Gasteiger partial charge < -0.3 is 5.11 Å². The van der Waals surface area contributed by atoms with Gasteiger partial charge in [0.05, 0.1) is 25.5 Å². The molecule has 168 valence electrons. The Hall–Kier alpha value is -2.70. The maximum Gasteiger partial charge on any atom is 0.461 e. The molecule has 0 bridgehead atoms. The normalized spacial score (nSPS) is 14.8. The van der Waals surface area contributed by atoms with E-state index in [0.717, 1.165) is 0 Å². The monoisotopic (exact) mass is 490 g/mol. The summed E-state index contributed by atoms with van der Waals surface area (Å²) in [5.41, 5.74) is -3.50. The zero-order chi connectivity index (χ0) is 23.8. The average molecular weight is 490 g/mol. The van der Waals surface area contributed by atoms with Crippen LogP contribution in [0, 0.1) is 20.2 Å². The molecular formula is C11H5F7N2O8S2. The van der Waals surface area contributed by atoms with Gasteiger partial charge in [-0.2, -0.15) is 30.7 Å². The van der Waals surface area contributed by atoms with Gasteiger partial charge in [-0.3, -0.25) is 29.2 Å². The van der Waals surface area contributed by atoms with Gasteiger partial charge in [0.15, 0.2) is 4.90 Å². The smallest absolute Gasteiger partial charge is 0.461 e. The van der Waals surface area contributed by atoms with Crippen LogP contribution in [-0.2, 0) is 26.4 Å². The van der Waals surface area contributed by atoms with Gasteiger partial charge in [-0.05, 0) is 0 Å². The van der Waals surface area contributed by atoms with Gasteiger partial charge in [-0.25, -0.2) is 4.21 Å². The highest BCUT2D eigenvalue weighted by molar-refractivity contribution is 7.86. The molecule has 10 nitrogen and oxygen atoms in total. The summed E-state index contributed by atoms with van der Waals surface area (Å²) >= 11 is 0. The van der Waals surface area contributed by atoms with Gasteiger partial charge in [-0.15, -0.1) is 0 Å². The number of carboxylic acids is 1. The molecule has 0 heterocycles. The lowest BCUT2D eigenvalue weighted by atomic mass is 10.3. The SMILES string of the molecule is O=C(O)CS(=O)c1c([N+](=O)[O-])cc(S(=O)C(F)(F)C(F)(F)C(F)(F)F)cc1[N+](=O)[O-]. The number of rotatable bonds is 8. The van der Waals surface area contributed by atoms with Crippen molar-refractivity contribution in [3.8, 4) is 0 Å². The third kappa shape index (κ3) is 4.55. The summed E-state index contributed by atoms with van der Waals surface area (Å²) < 4.78 is 114. The number of alkyl halides is 7. The summed E-state index contributed by atoms with van der Waals surface area (Å²) in [7, 11) is -7.77. The highest BCUT2D eigenvalue weighted by atomic mass is 32.2. The topological polar surface area (TPSA) is 158 Å². The highest BCUT2D eigenvalue weighted by Crippen LogP contribution is 2.50. The fourth-order valence-corrected chi connectivity index (χ4v) is 3.98. The number of nitro benzene ring substituents is 2. The van der Waals surface area contributed by atoms with E-state index in [1.807, 2.05) is 0 Å². The summed E-state index contributed by atoms with van der Waals surface area (Å²) in [5.74, 6) is -10.2. The van der Waals surface area contributed by atoms with Gasteiger partial charge in [-0.1, -0.05) is 0 Å². The molecular weight excluding hydrogens is 485 g/mol. The van der Waals surface area contributed by atoms with E-state index in [-0.39, 0.29) is 12.1 Å². The number of carboxylic acid groups (broad SMARTS) is 1. The summed E-state index contributed by atoms with van der Waals surface area (Å²) in [4.78, 5) is 26.1. The average Bonchev–Trinajstić information content (AvgIpc) is 2.57. The van der Waals surface area contributed by atoms with E-state index in [4.69, 9.17) is 5.11 Å². The van der Waals surface area contributed by atoms with Gasteiger partial charge in [0.2, 0.25) is 0 Å². The van der Waals surface area contributed by atoms with E-state index < -0.39 is 81.7 Å². The molecule has 0 amide bonds. The molecule has 0 fully saturated rings. The third-order valence-corrected chi connectivity index (χ3v) is 5.84. The molecule has 0 aliphatic rings. The molecule has 1 aromatic carbocycles. The van der Waals surface area contributed by atoms with Crippen LogP contribution in [-0.4, -0.2) is 52.4 Å². The zero-order valence-electron chi connectivity index (χ0n) is 13.5. The summed E-state index contributed by atoms with van der Waals surface area (Å²) in [6, 6.07) is -0.586. The lowest BCUT2D eigenvalue weighted by molar-refractivity contribution is -0.400. The number of aliphatic carboxylic acids is 1. The van der Waals surface area contributed by atoms with E-state index in [1.54, 1.807) is 0 Å². The number of benzene rings is 1. The number of nitro groups is 2. The van der Waals surface area contributed by atoms with Crippen LogP contribution in [0.1, 0.15) is 0 Å². The third-order valence-electron chi connectivity index (χ3n) is 3.07. The predicted molar refractivity (Wildman–Crippen MR) is 81.0 cm³/mol. The molecule has 0 spiro atoms. The van der Waals surface area contributed by atoms with Crippen molar-refractivity contribution in [2.45, 2.75) is 27.1 Å². The Morgan fingerprint density at radius 3 is 1.67 bits per heavy atom. The molecule has 0 aliphatic heterocycles. The molecule has 0 saturated heterocycles. The minimum Gasteiger partial charge on any atom is -0.481 e. The van der Waals surface area contributed by atoms with Crippen LogP contribution in [0.4, 0.5) is 42.1 Å². The molecule has 0 radical (unpaired) electrons. The van der Waals surface area contributed by atoms with Gasteiger partial charge >= 0.3 is 23.3 Å². The Kier molecular flexibility index (Phi) is 6.93. The summed E-state index contributed by atoms with van der Waals surface area (Å²) in [6.07, 6.45) is -6.91. The number of carbonyl (C=O) groups is 1. The molecule has 2 unspecified atom stereocenters. The second-order valence-electron chi connectivity index (χ2n) is 5.05. The molecule has 19 heteroatoms. The van der Waals surface area contributed by atoms with Crippen molar-refractivity contribution in [3.63, 3.8) is 0 Å². The Morgan fingerprint density at radius 1 is 0.967 bits per heavy atom. The minimum atomic E-state index is -6.91. The molecule has 0 aromatic heterocycles. The fourth-order valence-electron chi connectivity index (χ4n) is 1.80. The first-order chi connectivity index (χ1) is 13.4. The largest absolute Gasteiger partial charge is 0.481 e. The second kappa shape index (κ2) is 8.20. The first kappa shape index (κ1) is 25.3. The fraction of sp³-hybridized carbons (Fsp3) is 0.364. The Bertz CT molecular complexity index is 930. The van der Waals surface area contributed by atoms with Gasteiger partial charge in [0.25, 0.3) is 11.4 Å². The van der Waals surface area contributed by atoms with Crippen LogP contribution in [0.2, 0.25) is 0 Å². The van der Waals surface area contributed by atoms with E-state index >= 15 is 0 Å². The van der Waals surface area contributed by atoms with Crippen LogP contribution in [0.3, 0.4) is 0 Å². The number of halogens is 7. The molecule has 2 atom stereocenters. The Balaban J connectivity index is 3.81. The molecule has 0 aliphatic carbocycles. The number of nitrogens with zero attached hydrogens (tertiary/aromatic N) is 2. The molecule has 0 saturated carbocycles. The van der Waals surface area contributed by atoms with E-state index in [2.05, 4.69) is 0 Å². The first-order valence-corrected chi connectivity index (χ1v) is 9.14. The second-order valence-corrected chi connectivity index (χ2v) is 7.96. The van der Waals surface area contributed by atoms with Crippen molar-refractivity contribution in [2.75, 3.05) is 5.75 Å². The van der Waals surface area contributed by atoms with Crippen LogP contribution in [0.5, 0.6) is 0 Å². The minimum absolute atomic E-state index is 0.293. The Labute approximate surface area is 163 Å². The number of hydrogen-bond acceptors (Lipinski definition) is 7. The standard InChI is InChI=1S/C11H5F7N2O8S2/c12-9(13,10(14,15)16)11(17,18)30(28)4-1-5(19(23)24)8(6(2-4)20(25)26)29(27)3-7(21)22/h1-2H,3H2,(H,21,22). The maximum absolute atomic E-state index is 13.6. The van der Waals surface area contributed by atoms with Gasteiger partial charge in [0.1, 0.15) is 16.6 Å². The van der Waals surface area contributed by atoms with Gasteiger partial charge in [0, 0.05) is 12.1 Å². The number of hydrogen-bond donors (Lipinski definition) is 1. The Morgan fingerprint density at radius 2 is 1.37 bits per heavy atom. The van der Waals surface area contributed by atoms with Crippen LogP contribution in [0.25, 0.3) is 0 Å². The first-order valence-electron chi connectivity index (χ1n) is 6.67. The summed E-state index contributed by atoms with van der Waals surface area (Å²) in [5, 5.41) is 24.2. The lowest BCUT2D eigenvalue weighted by Crippen LogP contribution is -2.54. The van der Waals surface area contributed by atoms with Crippen molar-refractivity contribution in [3.05, 3.63) is 32.4 Å². The molecule has 1 N–H and O–H groups in total. The van der Waals surface area contributed by atoms with Crippen LogP contribution >= 0.6 is 0 Å². The quantitative estimate of drug-likeness (QED) is 0.331. The highest BCUT2D eigenvalue weighted by Gasteiger charge is 2.76. The zero-order valence-corrected chi connectivity index (χ0v) is 15.2. The van der Waals surface area contributed by atoms with E-state index in [9.17, 15) is 64.2 Å². The lowest BCUT2D eigenvalue weighted by Gasteiger charge is -2.27. The molecule has 1 rings (SSSR count). The summed E-state index contributed by atoms with van der Waals surface area (Å²) in [6.45, 7) is 0. The van der Waals surface area contributed by atoms with Crippen molar-refractivity contribution >= 4 is 38.9 Å². The van der Waals surface area contributed by atoms with E-state index in [1.165, 1.54) is 0 Å². The van der Waals surface area contributed by atoms with Crippen molar-refractivity contribution in [1.82, 2.24) is 0 Å². The molecule has 1 aromatic rings. The van der Waals surface area contributed by atoms with Crippen LogP contribution in [0.15, 0.2) is 21.9 Å². The maximum atomic E-state index is 13.6. The van der Waals surface area contributed by atoms with Crippen molar-refractivity contribution in [1.29, 1.82) is 0 Å². The predicted octanol–water partition coefficient (Wildman–Crippen LogP) is 2.59. The van der Waals surface area contributed by atoms with Crippen molar-refractivity contribution < 1.29 is 58.9 Å². The molecule has 30 heavy (non-hydrogen) atoms. The van der Waals surface area contributed by atoms with Crippen molar-refractivity contribution in [2.24, 2.45) is 0 Å². The van der Waals surface area contributed by atoms with Crippen LogP contribution < -0.4 is 0 Å². The van der Waals surface area contributed by atoms with E-state index in [0.29, 0.717) is 0 Å².